The van der Waals surface area contributed by atoms with Gasteiger partial charge < -0.3 is 15.5 Å². The van der Waals surface area contributed by atoms with Crippen LogP contribution < -0.4 is 5.32 Å². The third kappa shape index (κ3) is 4.11. The minimum absolute atomic E-state index is 0.226. The van der Waals surface area contributed by atoms with E-state index < -0.39 is 34.6 Å². The molecular formula is C12H11Cl2NO5. The summed E-state index contributed by atoms with van der Waals surface area (Å²) in [5.74, 6) is -3.62. The van der Waals surface area contributed by atoms with Gasteiger partial charge in [-0.05, 0) is 12.1 Å². The monoisotopic (exact) mass is 319 g/mol. The smallest absolute Gasteiger partial charge is 0.327 e. The number of rotatable bonds is 6. The molecule has 1 amide bonds. The third-order valence-corrected chi connectivity index (χ3v) is 3.51. The van der Waals surface area contributed by atoms with Crippen molar-refractivity contribution in [2.75, 3.05) is 0 Å². The van der Waals surface area contributed by atoms with Crippen molar-refractivity contribution in [2.45, 2.75) is 16.8 Å². The molecule has 1 rings (SSSR count). The molecule has 3 N–H and O–H groups in total. The number of carbonyl (C=O) groups excluding carboxylic acids is 1. The lowest BCUT2D eigenvalue weighted by atomic mass is 10.1. The van der Waals surface area contributed by atoms with E-state index in [1.807, 2.05) is 0 Å². The number of hydrogen-bond acceptors (Lipinski definition) is 3. The number of nitrogens with one attached hydrogen (secondary N) is 1. The molecule has 0 aliphatic heterocycles. The Balaban J connectivity index is 2.86. The Bertz CT molecular complexity index is 508. The van der Waals surface area contributed by atoms with Gasteiger partial charge in [0.05, 0.1) is 5.38 Å². The number of carbonyl (C=O) groups is 3. The summed E-state index contributed by atoms with van der Waals surface area (Å²) in [7, 11) is 0. The average Bonchev–Trinajstić information content (AvgIpc) is 2.43. The number of carboxylic acid groups (broad SMARTS) is 2. The molecule has 2 unspecified atom stereocenters. The largest absolute Gasteiger partial charge is 0.480 e. The van der Waals surface area contributed by atoms with Crippen LogP contribution in [0.2, 0.25) is 0 Å². The van der Waals surface area contributed by atoms with Crippen molar-refractivity contribution in [1.29, 1.82) is 0 Å². The first-order valence-electron chi connectivity index (χ1n) is 5.44. The average molecular weight is 320 g/mol. The van der Waals surface area contributed by atoms with Crippen molar-refractivity contribution in [3.63, 3.8) is 0 Å². The maximum Gasteiger partial charge on any atom is 0.327 e. The molecule has 8 heteroatoms. The Labute approximate surface area is 124 Å². The number of amides is 1. The maximum atomic E-state index is 11.8. The van der Waals surface area contributed by atoms with Crippen molar-refractivity contribution in [3.05, 3.63) is 35.9 Å². The summed E-state index contributed by atoms with van der Waals surface area (Å²) in [6.07, 6.45) is 0. The van der Waals surface area contributed by atoms with Gasteiger partial charge in [-0.3, -0.25) is 9.59 Å². The molecule has 20 heavy (non-hydrogen) atoms. The number of carboxylic acids is 2. The highest BCUT2D eigenvalue weighted by Gasteiger charge is 2.37. The molecule has 0 heterocycles. The first-order chi connectivity index (χ1) is 9.34. The minimum Gasteiger partial charge on any atom is -0.480 e. The highest BCUT2D eigenvalue weighted by atomic mass is 35.5. The summed E-state index contributed by atoms with van der Waals surface area (Å²) < 4.78 is 0. The molecule has 3 atom stereocenters. The molecule has 108 valence electrons. The van der Waals surface area contributed by atoms with Crippen molar-refractivity contribution in [2.24, 2.45) is 0 Å². The van der Waals surface area contributed by atoms with Crippen molar-refractivity contribution < 1.29 is 24.6 Å². The number of alkyl halides is 2. The van der Waals surface area contributed by atoms with Gasteiger partial charge in [0, 0.05) is 5.56 Å². The highest BCUT2D eigenvalue weighted by molar-refractivity contribution is 6.37. The number of benzene rings is 1. The minimum atomic E-state index is -1.64. The van der Waals surface area contributed by atoms with Crippen LogP contribution in [-0.2, 0) is 9.59 Å². The van der Waals surface area contributed by atoms with Crippen molar-refractivity contribution in [3.8, 4) is 0 Å². The van der Waals surface area contributed by atoms with E-state index >= 15 is 0 Å². The SMILES string of the molecule is O=C(N[C@H](C(=O)O)C(Cl)C(Cl)C(=O)O)c1ccccc1. The molecule has 6 nitrogen and oxygen atoms in total. The predicted molar refractivity (Wildman–Crippen MR) is 72.2 cm³/mol. The number of aliphatic carboxylic acids is 2. The maximum absolute atomic E-state index is 11.8. The highest BCUT2D eigenvalue weighted by Crippen LogP contribution is 2.16. The van der Waals surface area contributed by atoms with Crippen LogP contribution in [0.4, 0.5) is 0 Å². The molecule has 0 spiro atoms. The molecule has 1 aromatic carbocycles. The molecular weight excluding hydrogens is 309 g/mol. The first kappa shape index (κ1) is 16.3. The number of halogens is 2. The van der Waals surface area contributed by atoms with Gasteiger partial charge in [-0.1, -0.05) is 18.2 Å². The van der Waals surface area contributed by atoms with Crippen LogP contribution >= 0.6 is 23.2 Å². The summed E-state index contributed by atoms with van der Waals surface area (Å²) in [4.78, 5) is 33.6. The van der Waals surface area contributed by atoms with E-state index in [0.29, 0.717) is 0 Å². The molecule has 0 aromatic heterocycles. The van der Waals surface area contributed by atoms with Gasteiger partial charge in [0.15, 0.2) is 0 Å². The standard InChI is InChI=1S/C12H11Cl2NO5/c13-7(8(14)11(17)18)9(12(19)20)15-10(16)6-4-2-1-3-5-6/h1-5,7-9H,(H,15,16)(H,17,18)(H,19,20)/t7?,8?,9-/m0/s1. The Morgan fingerprint density at radius 2 is 1.55 bits per heavy atom. The van der Waals surface area contributed by atoms with Gasteiger partial charge in [-0.2, -0.15) is 0 Å². The molecule has 0 saturated heterocycles. The van der Waals surface area contributed by atoms with E-state index in [9.17, 15) is 14.4 Å². The van der Waals surface area contributed by atoms with Gasteiger partial charge in [-0.25, -0.2) is 4.79 Å². The lowest BCUT2D eigenvalue weighted by Gasteiger charge is -2.21. The van der Waals surface area contributed by atoms with Gasteiger partial charge in [0.25, 0.3) is 5.91 Å². The molecule has 1 aromatic rings. The quantitative estimate of drug-likeness (QED) is 0.683. The fourth-order valence-corrected chi connectivity index (χ4v) is 1.82. The van der Waals surface area contributed by atoms with Gasteiger partial charge in [-0.15, -0.1) is 23.2 Å². The van der Waals surface area contributed by atoms with Gasteiger partial charge in [0.2, 0.25) is 0 Å². The van der Waals surface area contributed by atoms with Crippen LogP contribution in [0, 0.1) is 0 Å². The zero-order chi connectivity index (χ0) is 15.3. The molecule has 0 fully saturated rings. The second-order valence-electron chi connectivity index (χ2n) is 3.84. The van der Waals surface area contributed by atoms with Crippen molar-refractivity contribution >= 4 is 41.0 Å². The van der Waals surface area contributed by atoms with E-state index in [1.165, 1.54) is 12.1 Å². The van der Waals surface area contributed by atoms with E-state index in [-0.39, 0.29) is 5.56 Å². The summed E-state index contributed by atoms with van der Waals surface area (Å²) in [6, 6.07) is 6.23. The zero-order valence-corrected chi connectivity index (χ0v) is 11.5. The Hall–Kier alpha value is -1.79. The van der Waals surface area contributed by atoms with Crippen LogP contribution in [0.1, 0.15) is 10.4 Å². The van der Waals surface area contributed by atoms with Gasteiger partial charge >= 0.3 is 11.9 Å². The molecule has 0 aliphatic rings. The zero-order valence-electron chi connectivity index (χ0n) is 9.99. The third-order valence-electron chi connectivity index (χ3n) is 2.42. The van der Waals surface area contributed by atoms with Crippen LogP contribution in [0.15, 0.2) is 30.3 Å². The van der Waals surface area contributed by atoms with E-state index in [1.54, 1.807) is 18.2 Å². The van der Waals surface area contributed by atoms with Crippen LogP contribution in [-0.4, -0.2) is 44.9 Å². The summed E-state index contributed by atoms with van der Waals surface area (Å²) in [5, 5.41) is 16.7. The Morgan fingerprint density at radius 3 is 2.00 bits per heavy atom. The molecule has 0 aliphatic carbocycles. The summed E-state index contributed by atoms with van der Waals surface area (Å²) in [5.41, 5.74) is 0.226. The predicted octanol–water partition coefficient (Wildman–Crippen LogP) is 1.17. The lowest BCUT2D eigenvalue weighted by Crippen LogP contribution is -2.51. The van der Waals surface area contributed by atoms with E-state index in [4.69, 9.17) is 33.4 Å². The number of hydrogen-bond donors (Lipinski definition) is 3. The lowest BCUT2D eigenvalue weighted by molar-refractivity contribution is -0.140. The van der Waals surface area contributed by atoms with E-state index in [0.717, 1.165) is 0 Å². The fourth-order valence-electron chi connectivity index (χ4n) is 1.40. The van der Waals surface area contributed by atoms with E-state index in [2.05, 4.69) is 5.32 Å². The van der Waals surface area contributed by atoms with Crippen molar-refractivity contribution in [1.82, 2.24) is 5.32 Å². The molecule has 0 radical (unpaired) electrons. The summed E-state index contributed by atoms with van der Waals surface area (Å²) >= 11 is 11.2. The fraction of sp³-hybridized carbons (Fsp3) is 0.250. The first-order valence-corrected chi connectivity index (χ1v) is 6.31. The van der Waals surface area contributed by atoms with Crippen LogP contribution in [0.5, 0.6) is 0 Å². The Kier molecular flexibility index (Phi) is 5.79. The van der Waals surface area contributed by atoms with Gasteiger partial charge in [0.1, 0.15) is 11.4 Å². The normalized spacial score (nSPS) is 14.9. The molecule has 0 saturated carbocycles. The summed E-state index contributed by atoms with van der Waals surface area (Å²) in [6.45, 7) is 0. The topological polar surface area (TPSA) is 104 Å². The Morgan fingerprint density at radius 1 is 1.00 bits per heavy atom. The van der Waals surface area contributed by atoms with Crippen LogP contribution in [0.3, 0.4) is 0 Å². The molecule has 0 bridgehead atoms. The second-order valence-corrected chi connectivity index (χ2v) is 4.81. The van der Waals surface area contributed by atoms with Crippen LogP contribution in [0.25, 0.3) is 0 Å². The second kappa shape index (κ2) is 7.12.